The first-order chi connectivity index (χ1) is 15.0. The highest BCUT2D eigenvalue weighted by Gasteiger charge is 2.25. The Bertz CT molecular complexity index is 1010. The SMILES string of the molecule is CS(C)=O.CS(C)=O.O=C(O)c1nc(-c2ccccn2)c(C(=O)O)nc1-c1ccccn1. The Balaban J connectivity index is 0.000000554. The quantitative estimate of drug-likeness (QED) is 0.567. The Hall–Kier alpha value is -3.38. The lowest BCUT2D eigenvalue weighted by atomic mass is 10.1. The largest absolute Gasteiger partial charge is 0.476 e. The van der Waals surface area contributed by atoms with E-state index in [0.29, 0.717) is 0 Å². The fourth-order valence-electron chi connectivity index (χ4n) is 2.10. The molecule has 0 aromatic carbocycles. The molecule has 0 unspecified atom stereocenters. The summed E-state index contributed by atoms with van der Waals surface area (Å²) in [7, 11) is -1.22. The summed E-state index contributed by atoms with van der Waals surface area (Å²) in [5, 5.41) is 18.9. The Morgan fingerprint density at radius 1 is 0.688 bits per heavy atom. The highest BCUT2D eigenvalue weighted by molar-refractivity contribution is 7.83. The van der Waals surface area contributed by atoms with E-state index in [-0.39, 0.29) is 34.2 Å². The molecule has 3 aromatic rings. The van der Waals surface area contributed by atoms with Gasteiger partial charge in [0.05, 0.1) is 11.4 Å². The molecule has 0 saturated heterocycles. The fourth-order valence-corrected chi connectivity index (χ4v) is 2.10. The van der Waals surface area contributed by atoms with Gasteiger partial charge in [-0.1, -0.05) is 12.1 Å². The van der Waals surface area contributed by atoms with E-state index < -0.39 is 33.5 Å². The summed E-state index contributed by atoms with van der Waals surface area (Å²) in [6, 6.07) is 9.64. The van der Waals surface area contributed by atoms with Crippen molar-refractivity contribution in [3.05, 3.63) is 60.2 Å². The number of hydrogen-bond donors (Lipinski definition) is 2. The summed E-state index contributed by atoms with van der Waals surface area (Å²) in [6.45, 7) is 0. The second-order valence-electron chi connectivity index (χ2n) is 6.14. The number of carboxylic acids is 2. The van der Waals surface area contributed by atoms with Crippen LogP contribution in [-0.4, -0.2) is 75.5 Å². The van der Waals surface area contributed by atoms with Gasteiger partial charge in [0.1, 0.15) is 11.4 Å². The Labute approximate surface area is 189 Å². The zero-order valence-corrected chi connectivity index (χ0v) is 19.4. The van der Waals surface area contributed by atoms with Crippen LogP contribution in [0.1, 0.15) is 21.0 Å². The van der Waals surface area contributed by atoms with Gasteiger partial charge in [0.25, 0.3) is 0 Å². The van der Waals surface area contributed by atoms with Gasteiger partial charge in [-0.3, -0.25) is 18.4 Å². The zero-order chi connectivity index (χ0) is 24.3. The molecule has 0 spiro atoms. The first-order valence-corrected chi connectivity index (χ1v) is 12.7. The third-order valence-corrected chi connectivity index (χ3v) is 3.12. The van der Waals surface area contributed by atoms with Crippen molar-refractivity contribution in [2.45, 2.75) is 0 Å². The Morgan fingerprint density at radius 3 is 1.22 bits per heavy atom. The topological polar surface area (TPSA) is 160 Å². The van der Waals surface area contributed by atoms with Gasteiger partial charge in [-0.2, -0.15) is 0 Å². The summed E-state index contributed by atoms with van der Waals surface area (Å²) >= 11 is 0. The van der Waals surface area contributed by atoms with Crippen LogP contribution >= 0.6 is 0 Å². The van der Waals surface area contributed by atoms with Crippen LogP contribution in [0.4, 0.5) is 0 Å². The van der Waals surface area contributed by atoms with Crippen molar-refractivity contribution in [1.82, 2.24) is 19.9 Å². The van der Waals surface area contributed by atoms with Gasteiger partial charge in [0, 0.05) is 59.0 Å². The van der Waals surface area contributed by atoms with Crippen molar-refractivity contribution < 1.29 is 28.2 Å². The summed E-state index contributed by atoms with van der Waals surface area (Å²) < 4.78 is 19.1. The highest BCUT2D eigenvalue weighted by atomic mass is 32.2. The van der Waals surface area contributed by atoms with E-state index in [1.165, 1.54) is 24.5 Å². The number of hydrogen-bond acceptors (Lipinski definition) is 8. The average molecular weight is 479 g/mol. The molecule has 0 saturated carbocycles. The van der Waals surface area contributed by atoms with Gasteiger partial charge in [-0.15, -0.1) is 0 Å². The third kappa shape index (κ3) is 8.78. The van der Waals surface area contributed by atoms with Crippen LogP contribution in [0.25, 0.3) is 22.8 Å². The monoisotopic (exact) mass is 478 g/mol. The maximum absolute atomic E-state index is 11.6. The van der Waals surface area contributed by atoms with Crippen molar-refractivity contribution in [3.63, 3.8) is 0 Å². The smallest absolute Gasteiger partial charge is 0.356 e. The van der Waals surface area contributed by atoms with Crippen LogP contribution in [0.2, 0.25) is 0 Å². The lowest BCUT2D eigenvalue weighted by Crippen LogP contribution is -2.14. The van der Waals surface area contributed by atoms with Crippen LogP contribution in [-0.2, 0) is 21.6 Å². The van der Waals surface area contributed by atoms with E-state index >= 15 is 0 Å². The lowest BCUT2D eigenvalue weighted by Gasteiger charge is -2.09. The van der Waals surface area contributed by atoms with E-state index in [0.717, 1.165) is 0 Å². The maximum Gasteiger partial charge on any atom is 0.356 e. The minimum Gasteiger partial charge on any atom is -0.476 e. The average Bonchev–Trinajstić information content (AvgIpc) is 2.73. The van der Waals surface area contributed by atoms with Crippen molar-refractivity contribution in [2.75, 3.05) is 25.0 Å². The van der Waals surface area contributed by atoms with Crippen molar-refractivity contribution >= 4 is 33.5 Å². The second kappa shape index (κ2) is 13.1. The molecule has 0 radical (unpaired) electrons. The number of pyridine rings is 2. The number of aromatic carboxylic acids is 2. The van der Waals surface area contributed by atoms with E-state index in [1.54, 1.807) is 49.3 Å². The molecular weight excluding hydrogens is 456 g/mol. The standard InChI is InChI=1S/C16H10N4O4.2C2H6OS/c21-15(22)13-11(9-5-1-3-7-17-9)19-14(16(23)24)12(20-13)10-6-2-4-8-18-10;2*1-4(2)3/h1-8H,(H,21,22)(H,23,24);2*1-2H3. The molecule has 10 nitrogen and oxygen atoms in total. The van der Waals surface area contributed by atoms with Crippen LogP contribution in [0.3, 0.4) is 0 Å². The number of aromatic nitrogens is 4. The first-order valence-electron chi connectivity index (χ1n) is 8.76. The third-order valence-electron chi connectivity index (χ3n) is 3.12. The number of nitrogens with zero attached hydrogens (tertiary/aromatic N) is 4. The first kappa shape index (κ1) is 26.7. The van der Waals surface area contributed by atoms with Gasteiger partial charge in [-0.05, 0) is 24.3 Å². The molecule has 2 N–H and O–H groups in total. The minimum absolute atomic E-state index is 0.111. The van der Waals surface area contributed by atoms with Gasteiger partial charge in [0.15, 0.2) is 11.4 Å². The Kier molecular flexibility index (Phi) is 10.9. The molecule has 0 fully saturated rings. The molecule has 0 amide bonds. The van der Waals surface area contributed by atoms with Gasteiger partial charge in [-0.25, -0.2) is 19.6 Å². The van der Waals surface area contributed by atoms with Crippen molar-refractivity contribution in [1.29, 1.82) is 0 Å². The van der Waals surface area contributed by atoms with E-state index in [9.17, 15) is 28.2 Å². The molecule has 0 aliphatic rings. The summed E-state index contributed by atoms with van der Waals surface area (Å²) in [5.41, 5.74) is -0.561. The molecule has 12 heteroatoms. The maximum atomic E-state index is 11.6. The van der Waals surface area contributed by atoms with Gasteiger partial charge in [0.2, 0.25) is 0 Å². The molecule has 0 aliphatic carbocycles. The van der Waals surface area contributed by atoms with Crippen molar-refractivity contribution in [2.24, 2.45) is 0 Å². The van der Waals surface area contributed by atoms with Crippen LogP contribution in [0.5, 0.6) is 0 Å². The van der Waals surface area contributed by atoms with E-state index in [1.807, 2.05) is 0 Å². The molecule has 170 valence electrons. The lowest BCUT2D eigenvalue weighted by molar-refractivity contribution is 0.0672. The Morgan fingerprint density at radius 2 is 1.00 bits per heavy atom. The van der Waals surface area contributed by atoms with Crippen LogP contribution in [0, 0.1) is 0 Å². The summed E-state index contributed by atoms with van der Waals surface area (Å²) in [4.78, 5) is 39.2. The number of rotatable bonds is 4. The van der Waals surface area contributed by atoms with E-state index in [2.05, 4.69) is 19.9 Å². The fraction of sp³-hybridized carbons (Fsp3) is 0.200. The van der Waals surface area contributed by atoms with Crippen molar-refractivity contribution in [3.8, 4) is 22.8 Å². The van der Waals surface area contributed by atoms with Crippen LogP contribution < -0.4 is 0 Å². The predicted molar refractivity (Wildman–Crippen MR) is 122 cm³/mol. The predicted octanol–water partition coefficient (Wildman–Crippen LogP) is 1.99. The molecule has 32 heavy (non-hydrogen) atoms. The summed E-state index contributed by atoms with van der Waals surface area (Å²) in [5.74, 6) is -2.67. The van der Waals surface area contributed by atoms with Gasteiger partial charge >= 0.3 is 11.9 Å². The second-order valence-corrected chi connectivity index (χ2v) is 9.11. The molecule has 3 heterocycles. The molecule has 0 atom stereocenters. The highest BCUT2D eigenvalue weighted by Crippen LogP contribution is 2.25. The zero-order valence-electron chi connectivity index (χ0n) is 17.8. The summed E-state index contributed by atoms with van der Waals surface area (Å²) in [6.07, 6.45) is 9.46. The minimum atomic E-state index is -1.34. The normalized spacial score (nSPS) is 9.94. The molecule has 3 aromatic heterocycles. The molecule has 0 aliphatic heterocycles. The molecular formula is C20H22N4O6S2. The molecule has 3 rings (SSSR count). The number of carbonyl (C=O) groups is 2. The van der Waals surface area contributed by atoms with Gasteiger partial charge < -0.3 is 10.2 Å². The van der Waals surface area contributed by atoms with Crippen LogP contribution in [0.15, 0.2) is 48.8 Å². The number of carboxylic acid groups (broad SMARTS) is 2. The molecule has 0 bridgehead atoms. The van der Waals surface area contributed by atoms with E-state index in [4.69, 9.17) is 0 Å².